The van der Waals surface area contributed by atoms with Crippen molar-refractivity contribution in [2.75, 3.05) is 7.11 Å². The summed E-state index contributed by atoms with van der Waals surface area (Å²) >= 11 is 2.79. The summed E-state index contributed by atoms with van der Waals surface area (Å²) in [5.74, 6) is -3.01. The smallest absolute Gasteiger partial charge is 0.488 e. The molecule has 1 heterocycles. The van der Waals surface area contributed by atoms with E-state index in [2.05, 4.69) is 223 Å². The van der Waals surface area contributed by atoms with Crippen molar-refractivity contribution < 1.29 is 46.3 Å². The molecule has 0 spiro atoms. The Kier molecular flexibility index (Phi) is 51.8. The Hall–Kier alpha value is 13.6. The van der Waals surface area contributed by atoms with Crippen LogP contribution in [0.3, 0.4) is 0 Å². The van der Waals surface area contributed by atoms with Crippen LogP contribution in [0.15, 0.2) is 28.7 Å². The highest BCUT2D eigenvalue weighted by Gasteiger charge is 2.55. The van der Waals surface area contributed by atoms with Crippen LogP contribution in [-0.4, -0.2) is 51.5 Å². The predicted octanol–water partition coefficient (Wildman–Crippen LogP) is 27.3. The second-order valence-electron chi connectivity index (χ2n) is 14.9. The van der Waals surface area contributed by atoms with Crippen molar-refractivity contribution in [3.8, 4) is 17.2 Å². The Balaban J connectivity index is 0.000000437. The normalized spacial score (nSPS) is 14.7. The predicted molar refractivity (Wildman–Crippen MR) is 473 cm³/mol. The van der Waals surface area contributed by atoms with E-state index >= 15 is 0 Å². The van der Waals surface area contributed by atoms with Crippen LogP contribution in [0.4, 0.5) is 17.6 Å². The van der Waals surface area contributed by atoms with Crippen molar-refractivity contribution in [3.63, 3.8) is 0 Å². The van der Waals surface area contributed by atoms with Crippen LogP contribution in [-0.2, 0) is 4.74 Å². The summed E-state index contributed by atoms with van der Waals surface area (Å²) in [5.41, 5.74) is -0.716. The molecule has 56 heteroatoms. The van der Waals surface area contributed by atoms with Crippen molar-refractivity contribution in [2.24, 2.45) is 5.92 Å². The van der Waals surface area contributed by atoms with Crippen LogP contribution >= 0.6 is 336 Å². The van der Waals surface area contributed by atoms with Crippen molar-refractivity contribution in [1.82, 2.24) is 10.2 Å². The van der Waals surface area contributed by atoms with Gasteiger partial charge in [0, 0.05) is 33.3 Å². The highest BCUT2D eigenvalue weighted by Crippen LogP contribution is 3.43. The average Bonchev–Trinajstić information content (AvgIpc) is 4.27. The summed E-state index contributed by atoms with van der Waals surface area (Å²) in [6, 6.07) is 3.62. The summed E-state index contributed by atoms with van der Waals surface area (Å²) in [6.45, 7) is -1.80. The Morgan fingerprint density at radius 3 is 1.23 bits per heavy atom. The van der Waals surface area contributed by atoms with E-state index in [0.29, 0.717) is 11.8 Å². The summed E-state index contributed by atoms with van der Waals surface area (Å²) in [6.07, 6.45) is 4.21. The molecule has 1 aromatic heterocycles. The fourth-order valence-electron chi connectivity index (χ4n) is 5.35. The minimum atomic E-state index is -1.89. The number of nitrogens with one attached hydrogen (secondary N) is 2. The lowest BCUT2D eigenvalue weighted by Gasteiger charge is -2.56. The molecule has 0 bridgehead atoms. The summed E-state index contributed by atoms with van der Waals surface area (Å²) < 4.78 is 67.0. The first-order chi connectivity index (χ1) is 37.1. The number of benzene rings is 2. The van der Waals surface area contributed by atoms with E-state index in [9.17, 15) is 22.4 Å². The van der Waals surface area contributed by atoms with Gasteiger partial charge >= 0.3 is 7.12 Å². The zero-order valence-electron chi connectivity index (χ0n) is 41.4. The summed E-state index contributed by atoms with van der Waals surface area (Å²) in [5, 5.41) is 38.8. The van der Waals surface area contributed by atoms with Crippen LogP contribution in [0.1, 0.15) is 47.8 Å². The van der Waals surface area contributed by atoms with Gasteiger partial charge < -0.3 is 23.9 Å². The first-order valence-corrected chi connectivity index (χ1v) is 93.6. The van der Waals surface area contributed by atoms with Crippen molar-refractivity contribution >= 4 is 366 Å². The van der Waals surface area contributed by atoms with Gasteiger partial charge in [0.1, 0.15) is 11.6 Å². The van der Waals surface area contributed by atoms with Gasteiger partial charge in [0.05, 0.1) is 12.7 Å². The molecule has 0 saturated heterocycles. The fraction of sp³-hybridized carbons (Fsp3) is 0.292. The Morgan fingerprint density at radius 1 is 0.588 bits per heavy atom. The monoisotopic (exact) mass is 1910 g/mol. The highest BCUT2D eigenvalue weighted by molar-refractivity contribution is 9.48. The van der Waals surface area contributed by atoms with Gasteiger partial charge in [-0.1, -0.05) is 0 Å². The third-order valence-corrected chi connectivity index (χ3v) is 281. The van der Waals surface area contributed by atoms with Crippen LogP contribution < -0.4 is 10.2 Å². The number of aromatic nitrogens is 2. The average molecular weight is 1910 g/mol. The number of carbonyl (C=O) groups is 1. The number of ether oxygens (including phenoxy) is 2. The topological polar surface area (TPSA) is 163 Å². The Morgan fingerprint density at radius 2 is 0.950 bits per heavy atom. The molecule has 2 saturated carbocycles. The number of rotatable bonds is 24. The second kappa shape index (κ2) is 46.2. The van der Waals surface area contributed by atoms with E-state index in [1.54, 1.807) is 0 Å². The van der Waals surface area contributed by atoms with Gasteiger partial charge in [-0.15, -0.1) is 198 Å². The Bertz CT molecular complexity index is 2270. The van der Waals surface area contributed by atoms with E-state index in [0.717, 1.165) is 57.1 Å². The molecule has 2 aliphatic carbocycles. The van der Waals surface area contributed by atoms with Crippen LogP contribution in [0.2, 0.25) is 0 Å². The molecule has 0 amide bonds. The summed E-state index contributed by atoms with van der Waals surface area (Å²) in [7, 11) is 70.4. The zero-order chi connectivity index (χ0) is 61.5. The first-order valence-electron chi connectivity index (χ1n) is 20.6. The zero-order valence-corrected chi connectivity index (χ0v) is 84.2. The Labute approximate surface area is 548 Å². The lowest BCUT2D eigenvalue weighted by molar-refractivity contribution is 0.111. The SMILES string of the molecule is COc1c(F)cc(B(O)O)cc1F.N=C(Br)OC(=N)C1CC1.O=Cc1c(F)cc(-c2nnc(C3CC3)o2)cc1F.PP(P)P(P)P(P(P)P)P(P(P(P(P)P)P(P)P)P(P(P)P)P(P)P)P(P(P(P)P)P(P)P)P(P(P)P)P(P)P. The van der Waals surface area contributed by atoms with E-state index < -0.39 is 41.7 Å². The number of hydrogen-bond acceptors (Lipinski definition) is 10. The van der Waals surface area contributed by atoms with Gasteiger partial charge in [0.25, 0.3) is 4.81 Å². The lowest BCUT2D eigenvalue weighted by Crippen LogP contribution is -2.30. The van der Waals surface area contributed by atoms with Gasteiger partial charge in [0.2, 0.25) is 11.8 Å². The molecule has 10 nitrogen and oxygen atoms in total. The number of methoxy groups -OCH3 is 1. The molecule has 0 radical (unpaired) electrons. The number of hydrogen-bond donors (Lipinski definition) is 4. The first kappa shape index (κ1) is 89.7. The molecule has 80 heavy (non-hydrogen) atoms. The van der Waals surface area contributed by atoms with Crippen LogP contribution in [0, 0.1) is 40.0 Å². The molecule has 2 aliphatic rings. The lowest BCUT2D eigenvalue weighted by atomic mass is 9.80. The molecule has 3 aromatic rings. The number of halogens is 5. The molecular weight excluding hydrogens is 1850 g/mol. The quantitative estimate of drug-likeness (QED) is 0.0172. The number of aldehydes is 1. The van der Waals surface area contributed by atoms with Crippen molar-refractivity contribution in [3.05, 3.63) is 59.0 Å². The van der Waals surface area contributed by atoms with Crippen LogP contribution in [0.5, 0.6) is 5.75 Å². The molecule has 23 unspecified atom stereocenters. The molecular formula is C24H64BBrF4N4O6P40. The minimum absolute atomic E-state index is 0.0490. The van der Waals surface area contributed by atoms with E-state index in [4.69, 9.17) is 25.3 Å². The maximum atomic E-state index is 13.4. The minimum Gasteiger partial charge on any atom is -0.491 e. The van der Waals surface area contributed by atoms with Crippen molar-refractivity contribution in [1.29, 1.82) is 10.8 Å². The number of nitrogens with zero attached hydrogens (tertiary/aromatic N) is 2. The fourth-order valence-corrected chi connectivity index (χ4v) is 546. The maximum Gasteiger partial charge on any atom is 0.488 e. The second-order valence-corrected chi connectivity index (χ2v) is 179. The van der Waals surface area contributed by atoms with E-state index in [-0.39, 0.29) is 173 Å². The van der Waals surface area contributed by atoms with Gasteiger partial charge in [-0.25, -0.2) is 17.6 Å². The maximum absolute atomic E-state index is 13.4. The number of carbonyl (C=O) groups excluding carboxylic acids is 1. The third kappa shape index (κ3) is 30.6. The molecule has 2 aromatic carbocycles. The van der Waals surface area contributed by atoms with Gasteiger partial charge in [-0.3, -0.25) is 15.6 Å². The van der Waals surface area contributed by atoms with Crippen molar-refractivity contribution in [2.45, 2.75) is 31.6 Å². The van der Waals surface area contributed by atoms with Gasteiger partial charge in [-0.2, -0.15) is 0 Å². The standard InChI is InChI=1S/C12H8F2N2O2.C7H7BF2O3.C5H7BrN2O.H42P40/c13-9-3-7(4-10(14)8(9)5-17)12-16-15-11(18-12)6-1-2-6;1-13-7-5(9)2-4(8(11)12)3-6(7)10;6-5(8)9-4(7)3-1-2-3;1-22(2)32(21)37(31(19)20)40(38(33(23(3)4)24(5)6)34(25(7)8)26(9)10)39(35(27(11)12)28(13)14)36(29(15)16)30(17)18/h3-6H,1-2H2;2-3,11-12H,1H3;3,7-8H,1-2H2;1-21H2. The highest BCUT2D eigenvalue weighted by atomic mass is 79.9. The van der Waals surface area contributed by atoms with Gasteiger partial charge in [0.15, 0.2) is 29.6 Å². The molecule has 23 atom stereocenters. The third-order valence-electron chi connectivity index (χ3n) is 8.88. The molecule has 4 N–H and O–H groups in total. The largest absolute Gasteiger partial charge is 0.491 e. The molecule has 5 rings (SSSR count). The van der Waals surface area contributed by atoms with Gasteiger partial charge in [-0.05, 0) is 188 Å². The van der Waals surface area contributed by atoms with E-state index in [1.165, 1.54) is 0 Å². The van der Waals surface area contributed by atoms with E-state index in [1.807, 2.05) is 0 Å². The molecule has 2 fully saturated rings. The molecule has 454 valence electrons. The summed E-state index contributed by atoms with van der Waals surface area (Å²) in [4.78, 5) is 10.4. The molecule has 0 aliphatic heterocycles. The van der Waals surface area contributed by atoms with Crippen LogP contribution in [0.25, 0.3) is 11.5 Å².